The predicted octanol–water partition coefficient (Wildman–Crippen LogP) is 3.69. The van der Waals surface area contributed by atoms with Gasteiger partial charge in [-0.2, -0.15) is 0 Å². The van der Waals surface area contributed by atoms with Gasteiger partial charge in [-0.1, -0.05) is 18.5 Å². The predicted molar refractivity (Wildman–Crippen MR) is 82.6 cm³/mol. The highest BCUT2D eigenvalue weighted by molar-refractivity contribution is 6.30. The molecule has 112 valence electrons. The third-order valence-electron chi connectivity index (χ3n) is 3.78. The molecule has 1 aliphatic rings. The fraction of sp³-hybridized carbons (Fsp3) is 0.625. The van der Waals surface area contributed by atoms with E-state index in [9.17, 15) is 4.39 Å². The van der Waals surface area contributed by atoms with Crippen LogP contribution < -0.4 is 5.32 Å². The second kappa shape index (κ2) is 7.96. The van der Waals surface area contributed by atoms with Gasteiger partial charge in [-0.3, -0.25) is 4.90 Å². The van der Waals surface area contributed by atoms with Gasteiger partial charge in [0.2, 0.25) is 0 Å². The Hall–Kier alpha value is -0.640. The Balaban J connectivity index is 1.96. The van der Waals surface area contributed by atoms with E-state index in [2.05, 4.69) is 17.1 Å². The average Bonchev–Trinajstić information content (AvgIpc) is 2.39. The van der Waals surface area contributed by atoms with Crippen LogP contribution in [0.15, 0.2) is 18.2 Å². The number of piperidine rings is 1. The first-order chi connectivity index (χ1) is 9.67. The van der Waals surface area contributed by atoms with Crippen molar-refractivity contribution in [2.45, 2.75) is 32.7 Å². The summed E-state index contributed by atoms with van der Waals surface area (Å²) in [5.41, 5.74) is 0.965. The molecule has 1 N–H and O–H groups in total. The van der Waals surface area contributed by atoms with Crippen molar-refractivity contribution in [1.29, 1.82) is 0 Å². The van der Waals surface area contributed by atoms with Gasteiger partial charge in [-0.05, 0) is 68.6 Å². The zero-order valence-electron chi connectivity index (χ0n) is 12.2. The zero-order valence-corrected chi connectivity index (χ0v) is 12.9. The van der Waals surface area contributed by atoms with Crippen LogP contribution in [0.1, 0.15) is 31.7 Å². The molecule has 1 aromatic carbocycles. The van der Waals surface area contributed by atoms with Crippen molar-refractivity contribution in [2.75, 3.05) is 26.2 Å². The molecule has 1 unspecified atom stereocenters. The minimum atomic E-state index is -0.247. The van der Waals surface area contributed by atoms with E-state index in [1.807, 2.05) is 6.07 Å². The van der Waals surface area contributed by atoms with Crippen molar-refractivity contribution < 1.29 is 4.39 Å². The largest absolute Gasteiger partial charge is 0.316 e. The van der Waals surface area contributed by atoms with Gasteiger partial charge in [0.25, 0.3) is 0 Å². The molecule has 1 heterocycles. The molecule has 4 heteroatoms. The van der Waals surface area contributed by atoms with Gasteiger partial charge in [0.1, 0.15) is 5.82 Å². The molecule has 0 radical (unpaired) electrons. The normalized spacial score (nSPS) is 19.5. The van der Waals surface area contributed by atoms with Gasteiger partial charge in [0.05, 0.1) is 0 Å². The van der Waals surface area contributed by atoms with Crippen LogP contribution in [0.5, 0.6) is 0 Å². The average molecular weight is 299 g/mol. The summed E-state index contributed by atoms with van der Waals surface area (Å²) in [5, 5.41) is 3.94. The van der Waals surface area contributed by atoms with Crippen molar-refractivity contribution in [3.8, 4) is 0 Å². The molecule has 0 amide bonds. The molecular formula is C16H24ClFN2. The highest BCUT2D eigenvalue weighted by Gasteiger charge is 2.17. The first-order valence-corrected chi connectivity index (χ1v) is 7.93. The number of hydrogen-bond acceptors (Lipinski definition) is 2. The lowest BCUT2D eigenvalue weighted by atomic mass is 9.98. The van der Waals surface area contributed by atoms with E-state index < -0.39 is 0 Å². The Bertz CT molecular complexity index is 399. The number of benzene rings is 1. The van der Waals surface area contributed by atoms with Crippen LogP contribution in [-0.4, -0.2) is 31.1 Å². The van der Waals surface area contributed by atoms with E-state index in [0.29, 0.717) is 10.9 Å². The lowest BCUT2D eigenvalue weighted by Gasteiger charge is -2.30. The van der Waals surface area contributed by atoms with Crippen LogP contribution in [0.4, 0.5) is 4.39 Å². The number of hydrogen-bond donors (Lipinski definition) is 1. The lowest BCUT2D eigenvalue weighted by molar-refractivity contribution is 0.201. The summed E-state index contributed by atoms with van der Waals surface area (Å²) in [6, 6.07) is 4.82. The van der Waals surface area contributed by atoms with Crippen molar-refractivity contribution in [3.63, 3.8) is 0 Å². The Morgan fingerprint density at radius 3 is 2.90 bits per heavy atom. The van der Waals surface area contributed by atoms with Crippen molar-refractivity contribution in [3.05, 3.63) is 34.6 Å². The summed E-state index contributed by atoms with van der Waals surface area (Å²) in [6.07, 6.45) is 3.66. The van der Waals surface area contributed by atoms with Gasteiger partial charge in [0, 0.05) is 18.1 Å². The maximum absolute atomic E-state index is 13.4. The molecule has 1 aromatic rings. The molecule has 0 aliphatic carbocycles. The minimum Gasteiger partial charge on any atom is -0.316 e. The summed E-state index contributed by atoms with van der Waals surface area (Å²) in [7, 11) is 0. The first kappa shape index (κ1) is 15.7. The first-order valence-electron chi connectivity index (χ1n) is 7.55. The molecule has 1 aliphatic heterocycles. The Kier molecular flexibility index (Phi) is 6.27. The second-order valence-electron chi connectivity index (χ2n) is 5.73. The van der Waals surface area contributed by atoms with E-state index in [1.165, 1.54) is 18.9 Å². The maximum atomic E-state index is 13.4. The van der Waals surface area contributed by atoms with Crippen LogP contribution in [0, 0.1) is 11.7 Å². The van der Waals surface area contributed by atoms with Crippen LogP contribution >= 0.6 is 11.6 Å². The molecule has 20 heavy (non-hydrogen) atoms. The summed E-state index contributed by atoms with van der Waals surface area (Å²) in [4.78, 5) is 2.42. The topological polar surface area (TPSA) is 15.3 Å². The molecule has 0 saturated carbocycles. The fourth-order valence-corrected chi connectivity index (χ4v) is 3.20. The van der Waals surface area contributed by atoms with Crippen LogP contribution in [0.2, 0.25) is 5.02 Å². The highest BCUT2D eigenvalue weighted by Crippen LogP contribution is 2.18. The second-order valence-corrected chi connectivity index (χ2v) is 6.16. The summed E-state index contributed by atoms with van der Waals surface area (Å²) >= 11 is 5.93. The van der Waals surface area contributed by atoms with Gasteiger partial charge >= 0.3 is 0 Å². The van der Waals surface area contributed by atoms with Gasteiger partial charge < -0.3 is 5.32 Å². The van der Waals surface area contributed by atoms with Gasteiger partial charge in [0.15, 0.2) is 0 Å². The monoisotopic (exact) mass is 298 g/mol. The molecule has 0 bridgehead atoms. The summed E-state index contributed by atoms with van der Waals surface area (Å²) < 4.78 is 13.4. The lowest BCUT2D eigenvalue weighted by Crippen LogP contribution is -2.38. The standard InChI is InChI=1S/C16H24ClFN2/c1-2-6-20(11-13-4-3-5-19-10-13)12-14-7-15(17)9-16(18)8-14/h7-9,13,19H,2-6,10-12H2,1H3. The summed E-state index contributed by atoms with van der Waals surface area (Å²) in [6.45, 7) is 7.33. The van der Waals surface area contributed by atoms with E-state index >= 15 is 0 Å². The SMILES string of the molecule is CCCN(Cc1cc(F)cc(Cl)c1)CC1CCCNC1. The molecule has 0 spiro atoms. The quantitative estimate of drug-likeness (QED) is 0.861. The number of halogens is 2. The van der Waals surface area contributed by atoms with Crippen LogP contribution in [0.25, 0.3) is 0 Å². The zero-order chi connectivity index (χ0) is 14.4. The van der Waals surface area contributed by atoms with E-state index in [4.69, 9.17) is 11.6 Å². The van der Waals surface area contributed by atoms with Crippen LogP contribution in [-0.2, 0) is 6.54 Å². The van der Waals surface area contributed by atoms with E-state index in [-0.39, 0.29) is 5.82 Å². The Morgan fingerprint density at radius 2 is 2.25 bits per heavy atom. The van der Waals surface area contributed by atoms with Crippen LogP contribution in [0.3, 0.4) is 0 Å². The molecule has 2 rings (SSSR count). The molecule has 1 fully saturated rings. The fourth-order valence-electron chi connectivity index (χ4n) is 2.96. The van der Waals surface area contributed by atoms with Crippen molar-refractivity contribution >= 4 is 11.6 Å². The van der Waals surface area contributed by atoms with Crippen molar-refractivity contribution in [2.24, 2.45) is 5.92 Å². The van der Waals surface area contributed by atoms with Crippen molar-refractivity contribution in [1.82, 2.24) is 10.2 Å². The number of nitrogens with one attached hydrogen (secondary N) is 1. The third-order valence-corrected chi connectivity index (χ3v) is 4.00. The molecule has 2 nitrogen and oxygen atoms in total. The van der Waals surface area contributed by atoms with Gasteiger partial charge in [-0.25, -0.2) is 4.39 Å². The number of rotatable bonds is 6. The van der Waals surface area contributed by atoms with Gasteiger partial charge in [-0.15, -0.1) is 0 Å². The van der Waals surface area contributed by atoms with E-state index in [1.54, 1.807) is 6.07 Å². The molecule has 1 atom stereocenters. The number of nitrogens with zero attached hydrogens (tertiary/aromatic N) is 1. The molecule has 1 saturated heterocycles. The maximum Gasteiger partial charge on any atom is 0.125 e. The Labute approximate surface area is 126 Å². The summed E-state index contributed by atoms with van der Waals surface area (Å²) in [5.74, 6) is 0.461. The Morgan fingerprint density at radius 1 is 1.40 bits per heavy atom. The minimum absolute atomic E-state index is 0.247. The third kappa shape index (κ3) is 5.04. The highest BCUT2D eigenvalue weighted by atomic mass is 35.5. The smallest absolute Gasteiger partial charge is 0.125 e. The molecular weight excluding hydrogens is 275 g/mol. The molecule has 0 aromatic heterocycles. The van der Waals surface area contributed by atoms with E-state index in [0.717, 1.165) is 44.7 Å².